The van der Waals surface area contributed by atoms with E-state index in [1.165, 1.54) is 24.1 Å². The average Bonchev–Trinajstić information content (AvgIpc) is 2.53. The van der Waals surface area contributed by atoms with Gasteiger partial charge in [0.2, 0.25) is 0 Å². The largest absolute Gasteiger partial charge is 0.490 e. The second-order valence-electron chi connectivity index (χ2n) is 5.63. The monoisotopic (exact) mass is 322 g/mol. The van der Waals surface area contributed by atoms with E-state index >= 15 is 0 Å². The topological polar surface area (TPSA) is 110 Å². The first kappa shape index (κ1) is 16.7. The lowest BCUT2D eigenvalue weighted by Crippen LogP contribution is -2.49. The van der Waals surface area contributed by atoms with Crippen LogP contribution in [0.2, 0.25) is 0 Å². The Hall–Kier alpha value is -2.64. The van der Waals surface area contributed by atoms with Gasteiger partial charge in [-0.2, -0.15) is 0 Å². The molecule has 1 fully saturated rings. The molecule has 0 saturated carbocycles. The van der Waals surface area contributed by atoms with Gasteiger partial charge >= 0.3 is 11.7 Å². The highest BCUT2D eigenvalue weighted by atomic mass is 16.6. The molecule has 0 aromatic heterocycles. The third kappa shape index (κ3) is 3.41. The summed E-state index contributed by atoms with van der Waals surface area (Å²) in [6, 6.07) is 2.96. The first-order valence-corrected chi connectivity index (χ1v) is 7.21. The molecule has 0 bridgehead atoms. The van der Waals surface area contributed by atoms with E-state index in [2.05, 4.69) is 0 Å². The van der Waals surface area contributed by atoms with Crippen molar-refractivity contribution in [3.8, 4) is 5.75 Å². The minimum absolute atomic E-state index is 0.0496. The van der Waals surface area contributed by atoms with Crippen LogP contribution in [-0.4, -0.2) is 46.5 Å². The number of aliphatic carboxylic acids is 1. The number of nitrogens with zero attached hydrogens (tertiary/aromatic N) is 2. The fraction of sp³-hybridized carbons (Fsp3) is 0.467. The number of methoxy groups -OCH3 is 1. The zero-order chi connectivity index (χ0) is 17.1. The summed E-state index contributed by atoms with van der Waals surface area (Å²) < 4.78 is 4.90. The highest BCUT2D eigenvalue weighted by Gasteiger charge is 2.35. The molecule has 1 aliphatic heterocycles. The lowest BCUT2D eigenvalue weighted by atomic mass is 9.92. The van der Waals surface area contributed by atoms with Crippen molar-refractivity contribution in [3.63, 3.8) is 0 Å². The second kappa shape index (κ2) is 6.64. The number of amides is 1. The summed E-state index contributed by atoms with van der Waals surface area (Å²) in [5.41, 5.74) is -0.242. The maximum atomic E-state index is 12.6. The number of ether oxygens (including phenoxy) is 1. The molecule has 1 saturated heterocycles. The van der Waals surface area contributed by atoms with Gasteiger partial charge in [-0.1, -0.05) is 6.92 Å². The Kier molecular flexibility index (Phi) is 4.83. The number of hydrogen-bond acceptors (Lipinski definition) is 5. The molecular weight excluding hydrogens is 304 g/mol. The van der Waals surface area contributed by atoms with Gasteiger partial charge in [-0.05, 0) is 30.9 Å². The number of benzene rings is 1. The summed E-state index contributed by atoms with van der Waals surface area (Å²) in [4.78, 5) is 35.7. The first-order chi connectivity index (χ1) is 10.8. The molecule has 2 rings (SSSR count). The van der Waals surface area contributed by atoms with E-state index in [4.69, 9.17) is 4.74 Å². The van der Waals surface area contributed by atoms with Crippen molar-refractivity contribution in [2.24, 2.45) is 5.92 Å². The minimum Gasteiger partial charge on any atom is -0.490 e. The van der Waals surface area contributed by atoms with Gasteiger partial charge < -0.3 is 14.7 Å². The van der Waals surface area contributed by atoms with Crippen LogP contribution >= 0.6 is 0 Å². The molecular formula is C15H18N2O6. The van der Waals surface area contributed by atoms with Gasteiger partial charge in [0.05, 0.1) is 12.0 Å². The molecule has 1 N–H and O–H groups in total. The highest BCUT2D eigenvalue weighted by Crippen LogP contribution is 2.30. The van der Waals surface area contributed by atoms with Gasteiger partial charge in [-0.25, -0.2) is 4.79 Å². The zero-order valence-electron chi connectivity index (χ0n) is 12.9. The number of nitro benzene ring substituents is 1. The van der Waals surface area contributed by atoms with Crippen molar-refractivity contribution in [2.75, 3.05) is 13.7 Å². The molecule has 1 aliphatic rings. The van der Waals surface area contributed by atoms with E-state index in [0.717, 1.165) is 6.07 Å². The van der Waals surface area contributed by atoms with Crippen LogP contribution in [0.25, 0.3) is 0 Å². The van der Waals surface area contributed by atoms with Gasteiger partial charge in [0.25, 0.3) is 5.91 Å². The van der Waals surface area contributed by atoms with E-state index < -0.39 is 22.8 Å². The molecule has 2 atom stereocenters. The van der Waals surface area contributed by atoms with Crippen LogP contribution in [-0.2, 0) is 4.79 Å². The molecule has 8 nitrogen and oxygen atoms in total. The molecule has 124 valence electrons. The number of rotatable bonds is 4. The van der Waals surface area contributed by atoms with Crippen LogP contribution in [0.5, 0.6) is 5.75 Å². The van der Waals surface area contributed by atoms with Crippen LogP contribution in [0.1, 0.15) is 30.1 Å². The van der Waals surface area contributed by atoms with E-state index in [9.17, 15) is 24.8 Å². The van der Waals surface area contributed by atoms with Crippen molar-refractivity contribution >= 4 is 17.6 Å². The smallest absolute Gasteiger partial charge is 0.326 e. The van der Waals surface area contributed by atoms with Crippen molar-refractivity contribution in [1.82, 2.24) is 4.90 Å². The van der Waals surface area contributed by atoms with E-state index in [1.54, 1.807) is 0 Å². The van der Waals surface area contributed by atoms with Crippen LogP contribution in [0.3, 0.4) is 0 Å². The highest BCUT2D eigenvalue weighted by molar-refractivity contribution is 5.97. The molecule has 0 aliphatic carbocycles. The molecule has 1 amide bonds. The van der Waals surface area contributed by atoms with Crippen LogP contribution in [0.15, 0.2) is 18.2 Å². The van der Waals surface area contributed by atoms with Crippen molar-refractivity contribution < 1.29 is 24.4 Å². The Morgan fingerprint density at radius 1 is 1.43 bits per heavy atom. The van der Waals surface area contributed by atoms with Crippen molar-refractivity contribution in [3.05, 3.63) is 33.9 Å². The SMILES string of the molecule is COc1ccc(C(=O)N2CCC(C)CC2C(=O)O)cc1[N+](=O)[O-]. The fourth-order valence-corrected chi connectivity index (χ4v) is 2.75. The van der Waals surface area contributed by atoms with Gasteiger partial charge in [0.1, 0.15) is 6.04 Å². The Labute approximate surface area is 132 Å². The summed E-state index contributed by atoms with van der Waals surface area (Å²) in [5, 5.41) is 20.4. The predicted molar refractivity (Wildman–Crippen MR) is 80.5 cm³/mol. The standard InChI is InChI=1S/C15H18N2O6/c1-9-5-6-16(12(7-9)15(19)20)14(18)10-3-4-13(23-2)11(8-10)17(21)22/h3-4,8-9,12H,5-7H2,1-2H3,(H,19,20). The normalized spacial score (nSPS) is 20.9. The molecule has 1 aromatic carbocycles. The van der Waals surface area contributed by atoms with Gasteiger partial charge in [-0.3, -0.25) is 14.9 Å². The molecule has 2 unspecified atom stereocenters. The summed E-state index contributed by atoms with van der Waals surface area (Å²) >= 11 is 0. The molecule has 23 heavy (non-hydrogen) atoms. The minimum atomic E-state index is -1.06. The second-order valence-corrected chi connectivity index (χ2v) is 5.63. The maximum Gasteiger partial charge on any atom is 0.326 e. The summed E-state index contributed by atoms with van der Waals surface area (Å²) in [7, 11) is 1.30. The molecule has 0 spiro atoms. The molecule has 1 aromatic rings. The van der Waals surface area contributed by atoms with Crippen LogP contribution < -0.4 is 4.74 Å². The Morgan fingerprint density at radius 2 is 2.13 bits per heavy atom. The van der Waals surface area contributed by atoms with E-state index in [0.29, 0.717) is 19.4 Å². The predicted octanol–water partition coefficient (Wildman–Crippen LogP) is 1.93. The molecule has 8 heteroatoms. The van der Waals surface area contributed by atoms with Crippen LogP contribution in [0.4, 0.5) is 5.69 Å². The summed E-state index contributed by atoms with van der Waals surface area (Å²) in [6.45, 7) is 2.26. The quantitative estimate of drug-likeness (QED) is 0.670. The van der Waals surface area contributed by atoms with Gasteiger partial charge in [0.15, 0.2) is 5.75 Å². The number of hydrogen-bond donors (Lipinski definition) is 1. The first-order valence-electron chi connectivity index (χ1n) is 7.21. The Bertz CT molecular complexity index is 645. The average molecular weight is 322 g/mol. The van der Waals surface area contributed by atoms with Crippen molar-refractivity contribution in [2.45, 2.75) is 25.8 Å². The van der Waals surface area contributed by atoms with Gasteiger partial charge in [0, 0.05) is 18.2 Å². The van der Waals surface area contributed by atoms with Gasteiger partial charge in [-0.15, -0.1) is 0 Å². The Balaban J connectivity index is 2.34. The van der Waals surface area contributed by atoms with Crippen LogP contribution in [0, 0.1) is 16.0 Å². The number of likely N-dealkylation sites (tertiary alicyclic amines) is 1. The lowest BCUT2D eigenvalue weighted by Gasteiger charge is -2.36. The summed E-state index contributed by atoms with van der Waals surface area (Å²) in [5.74, 6) is -1.32. The summed E-state index contributed by atoms with van der Waals surface area (Å²) in [6.07, 6.45) is 1.08. The number of carboxylic acids is 1. The number of carboxylic acid groups (broad SMARTS) is 1. The third-order valence-corrected chi connectivity index (χ3v) is 4.03. The van der Waals surface area contributed by atoms with Crippen molar-refractivity contribution in [1.29, 1.82) is 0 Å². The maximum absolute atomic E-state index is 12.6. The number of carbonyl (C=O) groups is 2. The van der Waals surface area contributed by atoms with E-state index in [-0.39, 0.29) is 22.9 Å². The van der Waals surface area contributed by atoms with E-state index in [1.807, 2.05) is 6.92 Å². The number of carbonyl (C=O) groups excluding carboxylic acids is 1. The zero-order valence-corrected chi connectivity index (χ0v) is 12.9. The third-order valence-electron chi connectivity index (χ3n) is 4.03. The molecule has 0 radical (unpaired) electrons. The Morgan fingerprint density at radius 3 is 2.70 bits per heavy atom. The number of nitro groups is 1. The lowest BCUT2D eigenvalue weighted by molar-refractivity contribution is -0.385. The fourth-order valence-electron chi connectivity index (χ4n) is 2.75. The molecule has 1 heterocycles. The number of piperidine rings is 1.